The quantitative estimate of drug-likeness (QED) is 0.800. The topological polar surface area (TPSA) is 19.4 Å². The molecule has 0 bridgehead atoms. The summed E-state index contributed by atoms with van der Waals surface area (Å²) in [5.41, 5.74) is 1.40. The van der Waals surface area contributed by atoms with Crippen molar-refractivity contribution in [3.63, 3.8) is 0 Å². The van der Waals surface area contributed by atoms with Gasteiger partial charge in [0, 0.05) is 19.6 Å². The highest BCUT2D eigenvalue weighted by Gasteiger charge is 2.21. The van der Waals surface area contributed by atoms with E-state index in [1.54, 1.807) is 0 Å². The Hall–Kier alpha value is -0.610. The Kier molecular flexibility index (Phi) is 3.85. The van der Waals surface area contributed by atoms with Crippen molar-refractivity contribution in [1.29, 1.82) is 0 Å². The molecule has 0 radical (unpaired) electrons. The zero-order valence-electron chi connectivity index (χ0n) is 10.7. The predicted molar refractivity (Wildman–Crippen MR) is 78.1 cm³/mol. The SMILES string of the molecule is Brc1ccc2c(n1)N(CCN1CCCCC1)CC2. The van der Waals surface area contributed by atoms with Crippen LogP contribution in [0.3, 0.4) is 0 Å². The summed E-state index contributed by atoms with van der Waals surface area (Å²) in [6, 6.07) is 4.25. The molecule has 2 aliphatic heterocycles. The van der Waals surface area contributed by atoms with Gasteiger partial charge in [-0.2, -0.15) is 0 Å². The average molecular weight is 310 g/mol. The van der Waals surface area contributed by atoms with E-state index in [1.807, 2.05) is 6.07 Å². The van der Waals surface area contributed by atoms with E-state index in [0.29, 0.717) is 0 Å². The first-order chi connectivity index (χ1) is 8.83. The Morgan fingerprint density at radius 2 is 1.89 bits per heavy atom. The second-order valence-electron chi connectivity index (χ2n) is 5.26. The molecule has 98 valence electrons. The van der Waals surface area contributed by atoms with Gasteiger partial charge in [0.25, 0.3) is 0 Å². The first-order valence-electron chi connectivity index (χ1n) is 6.96. The number of likely N-dealkylation sites (tertiary alicyclic amines) is 1. The smallest absolute Gasteiger partial charge is 0.133 e. The molecule has 0 aromatic carbocycles. The Morgan fingerprint density at radius 3 is 2.72 bits per heavy atom. The van der Waals surface area contributed by atoms with Gasteiger partial charge in [-0.1, -0.05) is 12.5 Å². The first-order valence-corrected chi connectivity index (χ1v) is 7.75. The van der Waals surface area contributed by atoms with Crippen molar-refractivity contribution < 1.29 is 0 Å². The van der Waals surface area contributed by atoms with E-state index in [9.17, 15) is 0 Å². The zero-order valence-corrected chi connectivity index (χ0v) is 12.3. The van der Waals surface area contributed by atoms with Gasteiger partial charge >= 0.3 is 0 Å². The van der Waals surface area contributed by atoms with Gasteiger partial charge < -0.3 is 9.80 Å². The lowest BCUT2D eigenvalue weighted by atomic mass is 10.1. The molecule has 0 N–H and O–H groups in total. The molecular formula is C14H20BrN3. The van der Waals surface area contributed by atoms with Crippen molar-refractivity contribution >= 4 is 21.7 Å². The number of halogens is 1. The number of anilines is 1. The van der Waals surface area contributed by atoms with Crippen LogP contribution in [0, 0.1) is 0 Å². The van der Waals surface area contributed by atoms with Crippen molar-refractivity contribution in [2.24, 2.45) is 0 Å². The number of piperidine rings is 1. The maximum absolute atomic E-state index is 4.62. The van der Waals surface area contributed by atoms with Gasteiger partial charge in [0.05, 0.1) is 0 Å². The van der Waals surface area contributed by atoms with Gasteiger partial charge in [-0.05, 0) is 59.9 Å². The number of hydrogen-bond acceptors (Lipinski definition) is 3. The second kappa shape index (κ2) is 5.57. The van der Waals surface area contributed by atoms with Crippen LogP contribution >= 0.6 is 15.9 Å². The molecule has 1 fully saturated rings. The molecule has 0 amide bonds. The molecule has 1 aromatic heterocycles. The van der Waals surface area contributed by atoms with Gasteiger partial charge in [-0.3, -0.25) is 0 Å². The van der Waals surface area contributed by atoms with Crippen LogP contribution < -0.4 is 4.90 Å². The maximum Gasteiger partial charge on any atom is 0.133 e. The van der Waals surface area contributed by atoms with Crippen molar-refractivity contribution in [1.82, 2.24) is 9.88 Å². The molecule has 2 aliphatic rings. The van der Waals surface area contributed by atoms with Gasteiger partial charge in [0.15, 0.2) is 0 Å². The molecule has 0 saturated carbocycles. The normalized spacial score (nSPS) is 20.2. The van der Waals surface area contributed by atoms with Crippen molar-refractivity contribution in [3.8, 4) is 0 Å². The molecule has 0 aliphatic carbocycles. The number of aromatic nitrogens is 1. The third kappa shape index (κ3) is 2.69. The van der Waals surface area contributed by atoms with E-state index < -0.39 is 0 Å². The van der Waals surface area contributed by atoms with E-state index in [0.717, 1.165) is 24.1 Å². The van der Waals surface area contributed by atoms with E-state index in [2.05, 4.69) is 36.8 Å². The van der Waals surface area contributed by atoms with Gasteiger partial charge in [-0.25, -0.2) is 4.98 Å². The van der Waals surface area contributed by atoms with Gasteiger partial charge in [-0.15, -0.1) is 0 Å². The Bertz CT molecular complexity index is 416. The number of rotatable bonds is 3. The fourth-order valence-corrected chi connectivity index (χ4v) is 3.25. The second-order valence-corrected chi connectivity index (χ2v) is 6.07. The summed E-state index contributed by atoms with van der Waals surface area (Å²) in [4.78, 5) is 9.66. The van der Waals surface area contributed by atoms with Crippen LogP contribution in [0.5, 0.6) is 0 Å². The van der Waals surface area contributed by atoms with Gasteiger partial charge in [0.1, 0.15) is 10.4 Å². The van der Waals surface area contributed by atoms with Crippen LogP contribution in [0.1, 0.15) is 24.8 Å². The molecule has 0 unspecified atom stereocenters. The van der Waals surface area contributed by atoms with E-state index in [-0.39, 0.29) is 0 Å². The van der Waals surface area contributed by atoms with Crippen LogP contribution in [0.25, 0.3) is 0 Å². The predicted octanol–water partition coefficient (Wildman–Crippen LogP) is 2.69. The van der Waals surface area contributed by atoms with Crippen LogP contribution in [-0.4, -0.2) is 42.6 Å². The van der Waals surface area contributed by atoms with Crippen molar-refractivity contribution in [2.75, 3.05) is 37.6 Å². The molecule has 1 saturated heterocycles. The Labute approximate surface area is 117 Å². The zero-order chi connectivity index (χ0) is 12.4. The highest BCUT2D eigenvalue weighted by molar-refractivity contribution is 9.10. The highest BCUT2D eigenvalue weighted by Crippen LogP contribution is 2.27. The summed E-state index contributed by atoms with van der Waals surface area (Å²) >= 11 is 3.47. The van der Waals surface area contributed by atoms with E-state index in [1.165, 1.54) is 50.3 Å². The monoisotopic (exact) mass is 309 g/mol. The number of nitrogens with zero attached hydrogens (tertiary/aromatic N) is 3. The lowest BCUT2D eigenvalue weighted by molar-refractivity contribution is 0.233. The third-order valence-corrected chi connectivity index (χ3v) is 4.45. The molecule has 1 aromatic rings. The van der Waals surface area contributed by atoms with Crippen LogP contribution in [0.2, 0.25) is 0 Å². The summed E-state index contributed by atoms with van der Waals surface area (Å²) in [6.45, 7) is 6.01. The molecule has 0 atom stereocenters. The number of hydrogen-bond donors (Lipinski definition) is 0. The molecule has 18 heavy (non-hydrogen) atoms. The molecular weight excluding hydrogens is 290 g/mol. The summed E-state index contributed by atoms with van der Waals surface area (Å²) < 4.78 is 0.950. The fraction of sp³-hybridized carbons (Fsp3) is 0.643. The first kappa shape index (κ1) is 12.4. The van der Waals surface area contributed by atoms with Gasteiger partial charge in [0.2, 0.25) is 0 Å². The van der Waals surface area contributed by atoms with Crippen molar-refractivity contribution in [3.05, 3.63) is 22.3 Å². The fourth-order valence-electron chi connectivity index (χ4n) is 2.95. The summed E-state index contributed by atoms with van der Waals surface area (Å²) in [6.07, 6.45) is 5.31. The summed E-state index contributed by atoms with van der Waals surface area (Å²) in [5, 5.41) is 0. The third-order valence-electron chi connectivity index (χ3n) is 4.01. The Balaban J connectivity index is 1.60. The number of fused-ring (bicyclic) bond motifs is 1. The summed E-state index contributed by atoms with van der Waals surface area (Å²) in [5.74, 6) is 1.20. The summed E-state index contributed by atoms with van der Waals surface area (Å²) in [7, 11) is 0. The lowest BCUT2D eigenvalue weighted by Gasteiger charge is -2.29. The minimum Gasteiger partial charge on any atom is -0.355 e. The van der Waals surface area contributed by atoms with E-state index in [4.69, 9.17) is 0 Å². The minimum absolute atomic E-state index is 0.950. The highest BCUT2D eigenvalue weighted by atomic mass is 79.9. The lowest BCUT2D eigenvalue weighted by Crippen LogP contribution is -2.37. The van der Waals surface area contributed by atoms with Crippen molar-refractivity contribution in [2.45, 2.75) is 25.7 Å². The number of pyridine rings is 1. The Morgan fingerprint density at radius 1 is 1.06 bits per heavy atom. The largest absolute Gasteiger partial charge is 0.355 e. The molecule has 3 nitrogen and oxygen atoms in total. The van der Waals surface area contributed by atoms with Crippen LogP contribution in [0.4, 0.5) is 5.82 Å². The average Bonchev–Trinajstić information content (AvgIpc) is 2.80. The molecule has 0 spiro atoms. The standard InChI is InChI=1S/C14H20BrN3/c15-13-5-4-12-6-9-18(14(12)16-13)11-10-17-7-2-1-3-8-17/h4-5H,1-3,6-11H2. The molecule has 3 rings (SSSR count). The van der Waals surface area contributed by atoms with E-state index >= 15 is 0 Å². The molecule has 4 heteroatoms. The van der Waals surface area contributed by atoms with Crippen LogP contribution in [0.15, 0.2) is 16.7 Å². The van der Waals surface area contributed by atoms with Crippen LogP contribution in [-0.2, 0) is 6.42 Å². The maximum atomic E-state index is 4.62. The minimum atomic E-state index is 0.950. The molecule has 3 heterocycles.